The van der Waals surface area contributed by atoms with Gasteiger partial charge in [-0.2, -0.15) is 11.3 Å². The molecule has 5 rings (SSSR count). The highest BCUT2D eigenvalue weighted by Crippen LogP contribution is 2.38. The number of carbonyl (C=O) groups is 1. The van der Waals surface area contributed by atoms with Crippen molar-refractivity contribution in [1.29, 1.82) is 0 Å². The molecule has 0 aromatic carbocycles. The minimum atomic E-state index is 0.237. The first-order valence-corrected chi connectivity index (χ1v) is 9.45. The van der Waals surface area contributed by atoms with Crippen LogP contribution in [0.15, 0.2) is 35.2 Å². The molecule has 4 heterocycles. The number of hydrogen-bond acceptors (Lipinski definition) is 3. The van der Waals surface area contributed by atoms with E-state index in [1.54, 1.807) is 11.3 Å². The predicted molar refractivity (Wildman–Crippen MR) is 90.6 cm³/mol. The summed E-state index contributed by atoms with van der Waals surface area (Å²) in [7, 11) is 0. The number of carbonyl (C=O) groups excluding carboxylic acids is 1. The Balaban J connectivity index is 1.43. The fourth-order valence-electron chi connectivity index (χ4n) is 4.16. The molecule has 3 aliphatic rings. The van der Waals surface area contributed by atoms with Crippen LogP contribution in [0.4, 0.5) is 0 Å². The second-order valence-electron chi connectivity index (χ2n) is 7.16. The minimum Gasteiger partial charge on any atom is -0.337 e. The zero-order valence-electron chi connectivity index (χ0n) is 13.1. The van der Waals surface area contributed by atoms with Gasteiger partial charge in [0.2, 0.25) is 0 Å². The van der Waals surface area contributed by atoms with Gasteiger partial charge in [-0.25, -0.2) is 0 Å². The molecule has 1 saturated heterocycles. The van der Waals surface area contributed by atoms with E-state index in [2.05, 4.69) is 37.4 Å². The Labute approximate surface area is 140 Å². The van der Waals surface area contributed by atoms with E-state index in [0.29, 0.717) is 12.1 Å². The Hall–Kier alpha value is -1.59. The normalized spacial score (nSPS) is 27.3. The number of fused-ring (bicyclic) bond motifs is 3. The molecule has 2 aromatic heterocycles. The third kappa shape index (κ3) is 2.34. The van der Waals surface area contributed by atoms with Crippen molar-refractivity contribution in [3.8, 4) is 0 Å². The van der Waals surface area contributed by atoms with Crippen LogP contribution < -0.4 is 0 Å². The summed E-state index contributed by atoms with van der Waals surface area (Å²) < 4.78 is 2.23. The second-order valence-corrected chi connectivity index (χ2v) is 7.94. The third-order valence-electron chi connectivity index (χ3n) is 5.49. The van der Waals surface area contributed by atoms with Gasteiger partial charge >= 0.3 is 0 Å². The first-order valence-electron chi connectivity index (χ1n) is 8.51. The third-order valence-corrected chi connectivity index (χ3v) is 6.22. The molecule has 1 saturated carbocycles. The van der Waals surface area contributed by atoms with Crippen molar-refractivity contribution in [2.75, 3.05) is 19.6 Å². The lowest BCUT2D eigenvalue weighted by atomic mass is 10.1. The fourth-order valence-corrected chi connectivity index (χ4v) is 4.82. The summed E-state index contributed by atoms with van der Waals surface area (Å²) in [6.45, 7) is 3.99. The number of amides is 1. The van der Waals surface area contributed by atoms with E-state index < -0.39 is 0 Å². The second kappa shape index (κ2) is 5.21. The molecule has 4 nitrogen and oxygen atoms in total. The molecule has 0 N–H and O–H groups in total. The molecule has 0 bridgehead atoms. The van der Waals surface area contributed by atoms with Gasteiger partial charge in [-0.15, -0.1) is 0 Å². The molecule has 2 fully saturated rings. The first-order chi connectivity index (χ1) is 11.3. The van der Waals surface area contributed by atoms with Crippen molar-refractivity contribution in [1.82, 2.24) is 14.4 Å². The van der Waals surface area contributed by atoms with Gasteiger partial charge in [0, 0.05) is 32.4 Å². The van der Waals surface area contributed by atoms with Crippen LogP contribution in [-0.4, -0.2) is 46.0 Å². The van der Waals surface area contributed by atoms with E-state index in [1.165, 1.54) is 18.4 Å². The zero-order valence-corrected chi connectivity index (χ0v) is 13.9. The lowest BCUT2D eigenvalue weighted by molar-refractivity contribution is 0.0565. The first kappa shape index (κ1) is 13.8. The van der Waals surface area contributed by atoms with Gasteiger partial charge in [0.05, 0.1) is 12.1 Å². The van der Waals surface area contributed by atoms with Crippen molar-refractivity contribution in [2.24, 2.45) is 5.92 Å². The maximum Gasteiger partial charge on any atom is 0.270 e. The lowest BCUT2D eigenvalue weighted by Crippen LogP contribution is -2.51. The van der Waals surface area contributed by atoms with Gasteiger partial charge in [-0.3, -0.25) is 9.69 Å². The van der Waals surface area contributed by atoms with Crippen LogP contribution >= 0.6 is 11.3 Å². The topological polar surface area (TPSA) is 28.5 Å². The molecule has 2 aromatic rings. The molecular weight excluding hydrogens is 306 g/mol. The predicted octanol–water partition coefficient (Wildman–Crippen LogP) is 2.84. The summed E-state index contributed by atoms with van der Waals surface area (Å²) in [5.74, 6) is 0.979. The van der Waals surface area contributed by atoms with Crippen LogP contribution in [0.5, 0.6) is 0 Å². The molecule has 2 atom stereocenters. The van der Waals surface area contributed by atoms with Gasteiger partial charge < -0.3 is 9.47 Å². The van der Waals surface area contributed by atoms with E-state index in [4.69, 9.17) is 0 Å². The van der Waals surface area contributed by atoms with E-state index in [-0.39, 0.29) is 5.91 Å². The number of nitrogens with zero attached hydrogens (tertiary/aromatic N) is 3. The molecule has 23 heavy (non-hydrogen) atoms. The lowest BCUT2D eigenvalue weighted by Gasteiger charge is -2.38. The van der Waals surface area contributed by atoms with Gasteiger partial charge in [-0.05, 0) is 53.3 Å². The fraction of sp³-hybridized carbons (Fsp3) is 0.500. The number of aromatic nitrogens is 1. The minimum absolute atomic E-state index is 0.237. The molecule has 1 amide bonds. The zero-order chi connectivity index (χ0) is 15.4. The average Bonchev–Trinajstić information content (AvgIpc) is 2.99. The van der Waals surface area contributed by atoms with Crippen LogP contribution in [0.3, 0.4) is 0 Å². The van der Waals surface area contributed by atoms with Crippen LogP contribution in [0.25, 0.3) is 0 Å². The van der Waals surface area contributed by atoms with Crippen molar-refractivity contribution in [3.05, 3.63) is 46.4 Å². The standard InChI is InChI=1S/C18H21N3OS/c22-18-15-2-1-6-20(15)16-10-19(8-14-5-7-23-12-14)11-17(16)21(18)9-13-3-4-13/h1-2,5-7,12-13,16-17H,3-4,8-11H2. The SMILES string of the molecule is O=C1c2cccn2C2CN(Cc3ccsc3)CC2N1CC1CC1. The smallest absolute Gasteiger partial charge is 0.270 e. The van der Waals surface area contributed by atoms with Gasteiger partial charge in [-0.1, -0.05) is 0 Å². The Morgan fingerprint density at radius 3 is 2.83 bits per heavy atom. The molecule has 120 valence electrons. The highest BCUT2D eigenvalue weighted by atomic mass is 32.1. The Morgan fingerprint density at radius 2 is 2.04 bits per heavy atom. The quantitative estimate of drug-likeness (QED) is 0.864. The number of rotatable bonds is 4. The molecule has 0 radical (unpaired) electrons. The maximum absolute atomic E-state index is 12.9. The van der Waals surface area contributed by atoms with Crippen LogP contribution in [0.1, 0.15) is 34.9 Å². The van der Waals surface area contributed by atoms with Crippen molar-refractivity contribution >= 4 is 17.2 Å². The van der Waals surface area contributed by atoms with E-state index in [1.807, 2.05) is 12.1 Å². The van der Waals surface area contributed by atoms with E-state index >= 15 is 0 Å². The van der Waals surface area contributed by atoms with E-state index in [0.717, 1.165) is 37.8 Å². The average molecular weight is 327 g/mol. The summed E-state index contributed by atoms with van der Waals surface area (Å²) in [5.41, 5.74) is 2.27. The van der Waals surface area contributed by atoms with Gasteiger partial charge in [0.1, 0.15) is 5.69 Å². The Bertz CT molecular complexity index is 718. The van der Waals surface area contributed by atoms with Gasteiger partial charge in [0.15, 0.2) is 0 Å². The summed E-state index contributed by atoms with van der Waals surface area (Å²) in [6.07, 6.45) is 4.68. The maximum atomic E-state index is 12.9. The molecule has 1 aliphatic carbocycles. The monoisotopic (exact) mass is 327 g/mol. The highest BCUT2D eigenvalue weighted by Gasteiger charge is 2.46. The number of hydrogen-bond donors (Lipinski definition) is 0. The number of likely N-dealkylation sites (tertiary alicyclic amines) is 1. The molecule has 5 heteroatoms. The van der Waals surface area contributed by atoms with Crippen molar-refractivity contribution in [2.45, 2.75) is 31.5 Å². The molecule has 2 unspecified atom stereocenters. The largest absolute Gasteiger partial charge is 0.337 e. The van der Waals surface area contributed by atoms with Gasteiger partial charge in [0.25, 0.3) is 5.91 Å². The number of thiophene rings is 1. The molecule has 0 spiro atoms. The Kier molecular flexibility index (Phi) is 3.13. The van der Waals surface area contributed by atoms with Crippen molar-refractivity contribution < 1.29 is 4.79 Å². The van der Waals surface area contributed by atoms with Crippen molar-refractivity contribution in [3.63, 3.8) is 0 Å². The van der Waals surface area contributed by atoms with Crippen LogP contribution in [-0.2, 0) is 6.54 Å². The van der Waals surface area contributed by atoms with E-state index in [9.17, 15) is 4.79 Å². The van der Waals surface area contributed by atoms with Crippen LogP contribution in [0, 0.1) is 5.92 Å². The summed E-state index contributed by atoms with van der Waals surface area (Å²) in [4.78, 5) is 17.6. The summed E-state index contributed by atoms with van der Waals surface area (Å²) >= 11 is 1.76. The Morgan fingerprint density at radius 1 is 1.17 bits per heavy atom. The van der Waals surface area contributed by atoms with Crippen LogP contribution in [0.2, 0.25) is 0 Å². The highest BCUT2D eigenvalue weighted by molar-refractivity contribution is 7.07. The summed E-state index contributed by atoms with van der Waals surface area (Å²) in [6, 6.07) is 6.96. The summed E-state index contributed by atoms with van der Waals surface area (Å²) in [5, 5.41) is 4.38. The molecular formula is C18H21N3OS. The molecule has 2 aliphatic heterocycles.